The lowest BCUT2D eigenvalue weighted by atomic mass is 9.73. The molecule has 2 aromatic rings. The summed E-state index contributed by atoms with van der Waals surface area (Å²) in [5, 5.41) is 0. The molecule has 0 fully saturated rings. The molecule has 3 rings (SSSR count). The van der Waals surface area contributed by atoms with Gasteiger partial charge in [-0.05, 0) is 24.1 Å². The lowest BCUT2D eigenvalue weighted by Crippen LogP contribution is -2.28. The third kappa shape index (κ3) is 2.72. The van der Waals surface area contributed by atoms with Crippen LogP contribution in [0, 0.1) is 0 Å². The third-order valence-corrected chi connectivity index (χ3v) is 5.04. The Morgan fingerprint density at radius 3 is 2.48 bits per heavy atom. The highest BCUT2D eigenvalue weighted by molar-refractivity contribution is 6.02. The molecule has 1 aliphatic rings. The van der Waals surface area contributed by atoms with E-state index in [0.29, 0.717) is 29.9 Å². The number of rotatable bonds is 5. The van der Waals surface area contributed by atoms with Crippen molar-refractivity contribution < 1.29 is 19.1 Å². The second-order valence-corrected chi connectivity index (χ2v) is 6.26. The highest BCUT2D eigenvalue weighted by Crippen LogP contribution is 2.48. The molecule has 1 atom stereocenters. The maximum Gasteiger partial charge on any atom is 0.337 e. The number of esters is 1. The average Bonchev–Trinajstić information content (AvgIpc) is 3.06. The van der Waals surface area contributed by atoms with Gasteiger partial charge in [0.15, 0.2) is 5.78 Å². The quantitative estimate of drug-likeness (QED) is 0.607. The number of hydrogen-bond donors (Lipinski definition) is 0. The molecule has 0 aromatic heterocycles. The summed E-state index contributed by atoms with van der Waals surface area (Å²) >= 11 is 0. The Morgan fingerprint density at radius 2 is 1.88 bits per heavy atom. The minimum atomic E-state index is -0.446. The molecular formula is C21H22O4. The minimum Gasteiger partial charge on any atom is -0.491 e. The van der Waals surface area contributed by atoms with E-state index in [1.54, 1.807) is 13.0 Å². The zero-order valence-electron chi connectivity index (χ0n) is 14.8. The van der Waals surface area contributed by atoms with Crippen molar-refractivity contribution in [2.45, 2.75) is 32.1 Å². The number of ketones is 1. The molecule has 0 aliphatic carbocycles. The lowest BCUT2D eigenvalue weighted by Gasteiger charge is -2.27. The third-order valence-electron chi connectivity index (χ3n) is 5.04. The molecule has 4 nitrogen and oxygen atoms in total. The van der Waals surface area contributed by atoms with Gasteiger partial charge in [-0.1, -0.05) is 44.2 Å². The first-order chi connectivity index (χ1) is 12.1. The zero-order chi connectivity index (χ0) is 18.0. The van der Waals surface area contributed by atoms with Crippen molar-refractivity contribution in [3.63, 3.8) is 0 Å². The molecule has 1 aliphatic heterocycles. The van der Waals surface area contributed by atoms with E-state index in [4.69, 9.17) is 9.47 Å². The van der Waals surface area contributed by atoms with Crippen LogP contribution >= 0.6 is 0 Å². The van der Waals surface area contributed by atoms with Crippen molar-refractivity contribution in [2.24, 2.45) is 0 Å². The van der Waals surface area contributed by atoms with Gasteiger partial charge in [0.25, 0.3) is 0 Å². The Bertz CT molecular complexity index is 810. The minimum absolute atomic E-state index is 0.0398. The number of fused-ring (bicyclic) bond motifs is 1. The molecule has 0 radical (unpaired) electrons. The molecule has 0 saturated heterocycles. The van der Waals surface area contributed by atoms with Gasteiger partial charge in [0, 0.05) is 12.0 Å². The summed E-state index contributed by atoms with van der Waals surface area (Å²) in [5.74, 6) is 0.116. The van der Waals surface area contributed by atoms with Gasteiger partial charge in [-0.15, -0.1) is 0 Å². The molecule has 0 saturated carbocycles. The SMILES string of the molecule is CCC(=O)c1cc(C(=O)OC)cc2c1OC[C@@]2(CC)c1ccccc1. The zero-order valence-corrected chi connectivity index (χ0v) is 14.8. The van der Waals surface area contributed by atoms with E-state index in [1.165, 1.54) is 7.11 Å². The Kier molecular flexibility index (Phi) is 4.62. The van der Waals surface area contributed by atoms with Crippen LogP contribution in [0.25, 0.3) is 0 Å². The van der Waals surface area contributed by atoms with E-state index >= 15 is 0 Å². The summed E-state index contributed by atoms with van der Waals surface area (Å²) in [5.41, 5.74) is 2.49. The summed E-state index contributed by atoms with van der Waals surface area (Å²) in [4.78, 5) is 24.6. The first-order valence-corrected chi connectivity index (χ1v) is 8.55. The van der Waals surface area contributed by atoms with Gasteiger partial charge in [0.05, 0.1) is 23.7 Å². The summed E-state index contributed by atoms with van der Waals surface area (Å²) in [7, 11) is 1.34. The molecule has 0 amide bonds. The summed E-state index contributed by atoms with van der Waals surface area (Å²) in [6.07, 6.45) is 1.15. The smallest absolute Gasteiger partial charge is 0.337 e. The number of ether oxygens (including phenoxy) is 2. The Morgan fingerprint density at radius 1 is 1.16 bits per heavy atom. The summed E-state index contributed by atoms with van der Waals surface area (Å²) < 4.78 is 10.9. The van der Waals surface area contributed by atoms with Crippen LogP contribution in [-0.2, 0) is 10.2 Å². The normalized spacial score (nSPS) is 18.4. The Labute approximate surface area is 147 Å². The molecule has 130 valence electrons. The van der Waals surface area contributed by atoms with E-state index in [0.717, 1.165) is 17.5 Å². The maximum absolute atomic E-state index is 12.4. The van der Waals surface area contributed by atoms with E-state index in [9.17, 15) is 9.59 Å². The number of hydrogen-bond acceptors (Lipinski definition) is 4. The number of Topliss-reactive ketones (excluding diaryl/α,β-unsaturated/α-hetero) is 1. The van der Waals surface area contributed by atoms with Crippen LogP contribution < -0.4 is 4.74 Å². The molecule has 2 aromatic carbocycles. The summed E-state index contributed by atoms with van der Waals surface area (Å²) in [6, 6.07) is 13.5. The van der Waals surface area contributed by atoms with Crippen molar-refractivity contribution in [1.82, 2.24) is 0 Å². The number of carbonyl (C=O) groups is 2. The van der Waals surface area contributed by atoms with Crippen LogP contribution in [0.3, 0.4) is 0 Å². The molecule has 1 heterocycles. The van der Waals surface area contributed by atoms with Gasteiger partial charge in [-0.3, -0.25) is 4.79 Å². The van der Waals surface area contributed by atoms with Gasteiger partial charge in [-0.2, -0.15) is 0 Å². The largest absolute Gasteiger partial charge is 0.491 e. The van der Waals surface area contributed by atoms with E-state index in [2.05, 4.69) is 19.1 Å². The fourth-order valence-corrected chi connectivity index (χ4v) is 3.54. The predicted molar refractivity (Wildman–Crippen MR) is 95.4 cm³/mol. The van der Waals surface area contributed by atoms with Crippen LogP contribution in [0.15, 0.2) is 42.5 Å². The Hall–Kier alpha value is -2.62. The topological polar surface area (TPSA) is 52.6 Å². The van der Waals surface area contributed by atoms with E-state index in [1.807, 2.05) is 24.3 Å². The van der Waals surface area contributed by atoms with Gasteiger partial charge < -0.3 is 9.47 Å². The predicted octanol–water partition coefficient (Wildman–Crippen LogP) is 4.15. The van der Waals surface area contributed by atoms with Crippen molar-refractivity contribution in [3.8, 4) is 5.75 Å². The first kappa shape index (κ1) is 17.2. The standard InChI is InChI=1S/C21H22O4/c1-4-18(22)16-11-14(20(23)24-3)12-17-19(16)25-13-21(17,5-2)15-9-7-6-8-10-15/h6-12H,4-5,13H2,1-3H3/t21-/m0/s1. The first-order valence-electron chi connectivity index (χ1n) is 8.55. The van der Waals surface area contributed by atoms with Crippen molar-refractivity contribution in [3.05, 3.63) is 64.7 Å². The highest BCUT2D eigenvalue weighted by atomic mass is 16.5. The molecular weight excluding hydrogens is 316 g/mol. The fourth-order valence-electron chi connectivity index (χ4n) is 3.54. The van der Waals surface area contributed by atoms with E-state index < -0.39 is 5.97 Å². The molecule has 0 unspecified atom stereocenters. The molecule has 0 spiro atoms. The van der Waals surface area contributed by atoms with Crippen molar-refractivity contribution >= 4 is 11.8 Å². The van der Waals surface area contributed by atoms with Gasteiger partial charge >= 0.3 is 5.97 Å². The summed E-state index contributed by atoms with van der Waals surface area (Å²) in [6.45, 7) is 4.35. The van der Waals surface area contributed by atoms with E-state index in [-0.39, 0.29) is 11.2 Å². The van der Waals surface area contributed by atoms with Crippen molar-refractivity contribution in [2.75, 3.05) is 13.7 Å². The van der Waals surface area contributed by atoms with Crippen LogP contribution in [0.5, 0.6) is 5.75 Å². The van der Waals surface area contributed by atoms with Gasteiger partial charge in [0.1, 0.15) is 12.4 Å². The number of methoxy groups -OCH3 is 1. The van der Waals surface area contributed by atoms with Gasteiger partial charge in [0.2, 0.25) is 0 Å². The monoisotopic (exact) mass is 338 g/mol. The highest BCUT2D eigenvalue weighted by Gasteiger charge is 2.43. The lowest BCUT2D eigenvalue weighted by molar-refractivity contribution is 0.0600. The van der Waals surface area contributed by atoms with Crippen LogP contribution in [0.4, 0.5) is 0 Å². The molecule has 0 bridgehead atoms. The molecule has 25 heavy (non-hydrogen) atoms. The molecule has 4 heteroatoms. The number of benzene rings is 2. The second-order valence-electron chi connectivity index (χ2n) is 6.26. The maximum atomic E-state index is 12.4. The Balaban J connectivity index is 2.27. The van der Waals surface area contributed by atoms with Crippen molar-refractivity contribution in [1.29, 1.82) is 0 Å². The fraction of sp³-hybridized carbons (Fsp3) is 0.333. The van der Waals surface area contributed by atoms with Crippen LogP contribution in [0.1, 0.15) is 58.5 Å². The molecule has 0 N–H and O–H groups in total. The average molecular weight is 338 g/mol. The van der Waals surface area contributed by atoms with Crippen LogP contribution in [-0.4, -0.2) is 25.5 Å². The van der Waals surface area contributed by atoms with Gasteiger partial charge in [-0.25, -0.2) is 4.79 Å². The van der Waals surface area contributed by atoms with Crippen LogP contribution in [0.2, 0.25) is 0 Å². The second kappa shape index (κ2) is 6.71. The number of carbonyl (C=O) groups excluding carboxylic acids is 2.